The molecule has 0 aliphatic carbocycles. The fourth-order valence-electron chi connectivity index (χ4n) is 0.917. The SMILES string of the molecule is CCOCc1csc(/C=N/NC(N)=S)c1. The van der Waals surface area contributed by atoms with E-state index in [1.807, 2.05) is 18.4 Å². The monoisotopic (exact) mass is 243 g/mol. The van der Waals surface area contributed by atoms with E-state index in [0.717, 1.165) is 17.0 Å². The Kier molecular flexibility index (Phi) is 5.23. The average Bonchev–Trinajstić information content (AvgIpc) is 2.62. The molecule has 1 rings (SSSR count). The molecule has 0 spiro atoms. The van der Waals surface area contributed by atoms with Crippen LogP contribution in [0.3, 0.4) is 0 Å². The van der Waals surface area contributed by atoms with Crippen LogP contribution < -0.4 is 11.2 Å². The zero-order valence-electron chi connectivity index (χ0n) is 8.40. The van der Waals surface area contributed by atoms with Crippen molar-refractivity contribution in [2.45, 2.75) is 13.5 Å². The van der Waals surface area contributed by atoms with Gasteiger partial charge in [0.05, 0.1) is 12.8 Å². The Labute approximate surface area is 98.1 Å². The van der Waals surface area contributed by atoms with Gasteiger partial charge in [0.1, 0.15) is 0 Å². The standard InChI is InChI=1S/C9H13N3OS2/c1-2-13-5-7-3-8(15-6-7)4-11-12-9(10)14/h3-4,6H,2,5H2,1H3,(H3,10,12,14)/b11-4+. The van der Waals surface area contributed by atoms with Crippen LogP contribution in [0.25, 0.3) is 0 Å². The van der Waals surface area contributed by atoms with Crippen LogP contribution in [-0.2, 0) is 11.3 Å². The van der Waals surface area contributed by atoms with Crippen molar-refractivity contribution in [2.24, 2.45) is 10.8 Å². The molecular weight excluding hydrogens is 230 g/mol. The van der Waals surface area contributed by atoms with E-state index in [4.69, 9.17) is 10.5 Å². The number of nitrogens with two attached hydrogens (primary N) is 1. The number of rotatable bonds is 5. The number of nitrogens with zero attached hydrogens (tertiary/aromatic N) is 1. The van der Waals surface area contributed by atoms with Gasteiger partial charge in [-0.1, -0.05) is 0 Å². The van der Waals surface area contributed by atoms with E-state index in [1.54, 1.807) is 17.6 Å². The normalized spacial score (nSPS) is 10.7. The second kappa shape index (κ2) is 6.49. The van der Waals surface area contributed by atoms with E-state index < -0.39 is 0 Å². The van der Waals surface area contributed by atoms with Crippen LogP contribution in [-0.4, -0.2) is 17.9 Å². The highest BCUT2D eigenvalue weighted by Gasteiger charge is 1.97. The number of hydrazone groups is 1. The summed E-state index contributed by atoms with van der Waals surface area (Å²) in [4.78, 5) is 1.04. The highest BCUT2D eigenvalue weighted by Crippen LogP contribution is 2.13. The van der Waals surface area contributed by atoms with Crippen LogP contribution in [0, 0.1) is 0 Å². The first-order valence-corrected chi connectivity index (χ1v) is 5.75. The summed E-state index contributed by atoms with van der Waals surface area (Å²) in [5, 5.41) is 6.07. The quantitative estimate of drug-likeness (QED) is 0.467. The lowest BCUT2D eigenvalue weighted by Crippen LogP contribution is -2.23. The molecule has 0 bridgehead atoms. The highest BCUT2D eigenvalue weighted by atomic mass is 32.1. The Bertz CT molecular complexity index is 349. The van der Waals surface area contributed by atoms with Crippen LogP contribution in [0.2, 0.25) is 0 Å². The van der Waals surface area contributed by atoms with Gasteiger partial charge < -0.3 is 10.5 Å². The molecule has 0 atom stereocenters. The minimum Gasteiger partial charge on any atom is -0.377 e. The van der Waals surface area contributed by atoms with E-state index in [2.05, 4.69) is 22.7 Å². The number of thiophene rings is 1. The van der Waals surface area contributed by atoms with Crippen LogP contribution >= 0.6 is 23.6 Å². The van der Waals surface area contributed by atoms with Gasteiger partial charge in [-0.05, 0) is 36.2 Å². The molecule has 1 aromatic heterocycles. The third-order valence-electron chi connectivity index (χ3n) is 1.51. The molecule has 15 heavy (non-hydrogen) atoms. The Morgan fingerprint density at radius 2 is 2.60 bits per heavy atom. The predicted molar refractivity (Wildman–Crippen MR) is 67.2 cm³/mol. The zero-order valence-corrected chi connectivity index (χ0v) is 10.0. The summed E-state index contributed by atoms with van der Waals surface area (Å²) in [6.07, 6.45) is 1.68. The molecule has 0 aromatic carbocycles. The lowest BCUT2D eigenvalue weighted by Gasteiger charge is -1.95. The van der Waals surface area contributed by atoms with Crippen molar-refractivity contribution in [3.05, 3.63) is 21.9 Å². The van der Waals surface area contributed by atoms with Crippen molar-refractivity contribution in [1.82, 2.24) is 5.43 Å². The first-order chi connectivity index (χ1) is 7.22. The lowest BCUT2D eigenvalue weighted by atomic mass is 10.3. The number of hydrogen-bond donors (Lipinski definition) is 2. The highest BCUT2D eigenvalue weighted by molar-refractivity contribution is 7.80. The second-order valence-corrected chi connectivity index (χ2v) is 4.11. The molecule has 1 aromatic rings. The van der Waals surface area contributed by atoms with Gasteiger partial charge >= 0.3 is 0 Å². The molecule has 0 fully saturated rings. The Morgan fingerprint density at radius 1 is 1.80 bits per heavy atom. The van der Waals surface area contributed by atoms with Gasteiger partial charge in [0, 0.05) is 11.5 Å². The van der Waals surface area contributed by atoms with Gasteiger partial charge in [-0.25, -0.2) is 0 Å². The first kappa shape index (κ1) is 12.1. The second-order valence-electron chi connectivity index (χ2n) is 2.73. The molecule has 0 amide bonds. The third kappa shape index (κ3) is 4.87. The smallest absolute Gasteiger partial charge is 0.184 e. The van der Waals surface area contributed by atoms with Gasteiger partial charge in [0.2, 0.25) is 0 Å². The summed E-state index contributed by atoms with van der Waals surface area (Å²) in [6, 6.07) is 2.02. The minimum absolute atomic E-state index is 0.164. The fourth-order valence-corrected chi connectivity index (χ4v) is 1.73. The largest absolute Gasteiger partial charge is 0.377 e. The molecule has 0 radical (unpaired) electrons. The Morgan fingerprint density at radius 3 is 3.27 bits per heavy atom. The van der Waals surface area contributed by atoms with Crippen LogP contribution in [0.5, 0.6) is 0 Å². The molecule has 4 nitrogen and oxygen atoms in total. The van der Waals surface area contributed by atoms with E-state index in [-0.39, 0.29) is 5.11 Å². The number of nitrogens with one attached hydrogen (secondary N) is 1. The van der Waals surface area contributed by atoms with E-state index in [0.29, 0.717) is 6.61 Å². The van der Waals surface area contributed by atoms with Crippen molar-refractivity contribution in [3.63, 3.8) is 0 Å². The molecule has 1 heterocycles. The van der Waals surface area contributed by atoms with Gasteiger partial charge in [-0.3, -0.25) is 5.43 Å². The summed E-state index contributed by atoms with van der Waals surface area (Å²) in [7, 11) is 0. The van der Waals surface area contributed by atoms with Crippen molar-refractivity contribution in [1.29, 1.82) is 0 Å². The molecule has 0 unspecified atom stereocenters. The molecule has 0 saturated heterocycles. The summed E-state index contributed by atoms with van der Waals surface area (Å²) in [6.45, 7) is 3.34. The van der Waals surface area contributed by atoms with Crippen molar-refractivity contribution < 1.29 is 4.74 Å². The maximum absolute atomic E-state index is 5.28. The summed E-state index contributed by atoms with van der Waals surface area (Å²) < 4.78 is 5.28. The van der Waals surface area contributed by atoms with E-state index in [9.17, 15) is 0 Å². The van der Waals surface area contributed by atoms with E-state index >= 15 is 0 Å². The summed E-state index contributed by atoms with van der Waals surface area (Å²) in [5.41, 5.74) is 8.87. The summed E-state index contributed by atoms with van der Waals surface area (Å²) in [5.74, 6) is 0. The summed E-state index contributed by atoms with van der Waals surface area (Å²) >= 11 is 6.21. The Balaban J connectivity index is 2.45. The maximum Gasteiger partial charge on any atom is 0.184 e. The van der Waals surface area contributed by atoms with Gasteiger partial charge in [-0.15, -0.1) is 11.3 Å². The molecule has 82 valence electrons. The first-order valence-electron chi connectivity index (χ1n) is 4.46. The van der Waals surface area contributed by atoms with Crippen LogP contribution in [0.1, 0.15) is 17.4 Å². The zero-order chi connectivity index (χ0) is 11.1. The molecular formula is C9H13N3OS2. The molecule has 0 saturated carbocycles. The molecule has 0 aliphatic heterocycles. The van der Waals surface area contributed by atoms with E-state index in [1.165, 1.54) is 0 Å². The van der Waals surface area contributed by atoms with Gasteiger partial charge in [0.25, 0.3) is 0 Å². The van der Waals surface area contributed by atoms with Crippen LogP contribution in [0.4, 0.5) is 0 Å². The Hall–Kier alpha value is -0.980. The molecule has 6 heteroatoms. The predicted octanol–water partition coefficient (Wildman–Crippen LogP) is 1.45. The van der Waals surface area contributed by atoms with Crippen molar-refractivity contribution in [2.75, 3.05) is 6.61 Å². The van der Waals surface area contributed by atoms with Crippen molar-refractivity contribution in [3.8, 4) is 0 Å². The number of ether oxygens (including phenoxy) is 1. The third-order valence-corrected chi connectivity index (χ3v) is 2.52. The van der Waals surface area contributed by atoms with Gasteiger partial charge in [-0.2, -0.15) is 5.10 Å². The fraction of sp³-hybridized carbons (Fsp3) is 0.333. The average molecular weight is 243 g/mol. The lowest BCUT2D eigenvalue weighted by molar-refractivity contribution is 0.134. The number of hydrogen-bond acceptors (Lipinski definition) is 4. The molecule has 0 aliphatic rings. The molecule has 3 N–H and O–H groups in total. The minimum atomic E-state index is 0.164. The number of thiocarbonyl (C=S) groups is 1. The van der Waals surface area contributed by atoms with Crippen molar-refractivity contribution >= 4 is 34.9 Å². The maximum atomic E-state index is 5.28. The topological polar surface area (TPSA) is 59.6 Å². The van der Waals surface area contributed by atoms with Crippen LogP contribution in [0.15, 0.2) is 16.5 Å². The van der Waals surface area contributed by atoms with Gasteiger partial charge in [0.15, 0.2) is 5.11 Å².